The minimum absolute atomic E-state index is 0.0106. The average Bonchev–Trinajstić information content (AvgIpc) is 3.02. The summed E-state index contributed by atoms with van der Waals surface area (Å²) in [4.78, 5) is 69.8. The molecule has 5 amide bonds. The largest absolute Gasteiger partial charge is 0.483 e. The Hall–Kier alpha value is -3.76. The lowest BCUT2D eigenvalue weighted by Crippen LogP contribution is -2.54. The fourth-order valence-electron chi connectivity index (χ4n) is 3.60. The molecule has 11 heteroatoms. The van der Waals surface area contributed by atoms with Crippen molar-refractivity contribution in [3.63, 3.8) is 0 Å². The summed E-state index contributed by atoms with van der Waals surface area (Å²) in [5.74, 6) is -2.06. The number of amides is 5. The molecule has 1 fully saturated rings. The highest BCUT2D eigenvalue weighted by Gasteiger charge is 2.45. The molecule has 1 saturated heterocycles. The summed E-state index contributed by atoms with van der Waals surface area (Å²) < 4.78 is 0. The van der Waals surface area contributed by atoms with E-state index in [1.165, 1.54) is 0 Å². The van der Waals surface area contributed by atoms with Crippen molar-refractivity contribution in [3.05, 3.63) is 29.3 Å². The van der Waals surface area contributed by atoms with Crippen molar-refractivity contribution in [2.45, 2.75) is 44.6 Å². The van der Waals surface area contributed by atoms with Crippen molar-refractivity contribution in [3.8, 4) is 0 Å². The third-order valence-electron chi connectivity index (χ3n) is 5.14. The van der Waals surface area contributed by atoms with Gasteiger partial charge < -0.3 is 15.7 Å². The molecule has 0 saturated carbocycles. The Bertz CT molecular complexity index is 915. The molecular formula is C21H26N4O7. The predicted octanol–water partition coefficient (Wildman–Crippen LogP) is 0.507. The van der Waals surface area contributed by atoms with Crippen LogP contribution in [0.2, 0.25) is 0 Å². The lowest BCUT2D eigenvalue weighted by Gasteiger charge is -2.27. The fraction of sp³-hybridized carbons (Fsp3) is 0.429. The number of hydrogen-bond acceptors (Lipinski definition) is 7. The summed E-state index contributed by atoms with van der Waals surface area (Å²) in [5.41, 5.74) is 1.05. The third kappa shape index (κ3) is 5.68. The van der Waals surface area contributed by atoms with Gasteiger partial charge in [0, 0.05) is 32.1 Å². The summed E-state index contributed by atoms with van der Waals surface area (Å²) in [6, 6.07) is 4.00. The summed E-state index contributed by atoms with van der Waals surface area (Å²) in [6.45, 7) is 0.337. The van der Waals surface area contributed by atoms with Gasteiger partial charge in [0.1, 0.15) is 6.04 Å². The molecule has 0 bridgehead atoms. The topological polar surface area (TPSA) is 162 Å². The number of benzene rings is 1. The van der Waals surface area contributed by atoms with Gasteiger partial charge in [-0.15, -0.1) is 0 Å². The van der Waals surface area contributed by atoms with Crippen LogP contribution in [0.25, 0.3) is 0 Å². The maximum atomic E-state index is 13.0. The lowest BCUT2D eigenvalue weighted by atomic mass is 10.0. The molecule has 0 aliphatic carbocycles. The smallest absolute Gasteiger partial charge is 0.290 e. The molecule has 1 aromatic rings. The van der Waals surface area contributed by atoms with Gasteiger partial charge in [0.25, 0.3) is 18.3 Å². The second-order valence-corrected chi connectivity index (χ2v) is 7.19. The van der Waals surface area contributed by atoms with Crippen molar-refractivity contribution in [1.29, 1.82) is 0 Å². The molecule has 2 aliphatic rings. The molecule has 0 aromatic heterocycles. The Morgan fingerprint density at radius 1 is 1.19 bits per heavy atom. The number of carbonyl (C=O) groups excluding carboxylic acids is 5. The van der Waals surface area contributed by atoms with E-state index in [2.05, 4.69) is 16.0 Å². The molecule has 1 unspecified atom stereocenters. The summed E-state index contributed by atoms with van der Waals surface area (Å²) in [5, 5.41) is 14.8. The van der Waals surface area contributed by atoms with Crippen LogP contribution in [0, 0.1) is 0 Å². The number of nitrogens with zero attached hydrogens (tertiary/aromatic N) is 1. The van der Waals surface area contributed by atoms with E-state index in [-0.39, 0.29) is 36.3 Å². The highest BCUT2D eigenvalue weighted by atomic mass is 16.3. The molecule has 0 radical (unpaired) electrons. The molecule has 2 heterocycles. The predicted molar refractivity (Wildman–Crippen MR) is 113 cm³/mol. The summed E-state index contributed by atoms with van der Waals surface area (Å²) in [7, 11) is 1.61. The molecule has 32 heavy (non-hydrogen) atoms. The van der Waals surface area contributed by atoms with Crippen LogP contribution in [0.15, 0.2) is 18.2 Å². The van der Waals surface area contributed by atoms with E-state index in [4.69, 9.17) is 9.90 Å². The zero-order chi connectivity index (χ0) is 23.7. The van der Waals surface area contributed by atoms with Gasteiger partial charge in [-0.1, -0.05) is 12.5 Å². The fourth-order valence-corrected chi connectivity index (χ4v) is 3.60. The Kier molecular flexibility index (Phi) is 8.87. The zero-order valence-corrected chi connectivity index (χ0v) is 17.7. The van der Waals surface area contributed by atoms with Crippen LogP contribution in [0.5, 0.6) is 0 Å². The van der Waals surface area contributed by atoms with Crippen LogP contribution in [0.4, 0.5) is 5.69 Å². The van der Waals surface area contributed by atoms with Crippen LogP contribution < -0.4 is 16.0 Å². The quantitative estimate of drug-likeness (QED) is 0.255. The van der Waals surface area contributed by atoms with Gasteiger partial charge in [0.05, 0.1) is 11.1 Å². The van der Waals surface area contributed by atoms with E-state index in [1.807, 2.05) is 0 Å². The summed E-state index contributed by atoms with van der Waals surface area (Å²) >= 11 is 0. The van der Waals surface area contributed by atoms with Crippen LogP contribution in [-0.4, -0.2) is 65.6 Å². The van der Waals surface area contributed by atoms with Gasteiger partial charge in [-0.2, -0.15) is 0 Å². The van der Waals surface area contributed by atoms with Crippen molar-refractivity contribution < 1.29 is 33.9 Å². The van der Waals surface area contributed by atoms with E-state index >= 15 is 0 Å². The molecule has 2 aliphatic heterocycles. The number of rotatable bonds is 8. The van der Waals surface area contributed by atoms with E-state index in [9.17, 15) is 24.0 Å². The Morgan fingerprint density at radius 3 is 2.56 bits per heavy atom. The number of nitrogens with one attached hydrogen (secondary N) is 3. The van der Waals surface area contributed by atoms with Gasteiger partial charge in [0.15, 0.2) is 0 Å². The maximum absolute atomic E-state index is 13.0. The summed E-state index contributed by atoms with van der Waals surface area (Å²) in [6.07, 6.45) is 3.12. The van der Waals surface area contributed by atoms with Gasteiger partial charge in [-0.3, -0.25) is 39.0 Å². The molecule has 172 valence electrons. The highest BCUT2D eigenvalue weighted by Crippen LogP contribution is 2.32. The number of carbonyl (C=O) groups is 6. The lowest BCUT2D eigenvalue weighted by molar-refractivity contribution is -0.136. The van der Waals surface area contributed by atoms with E-state index in [0.29, 0.717) is 18.7 Å². The number of unbranched alkanes of at least 4 members (excludes halogenated alkanes) is 2. The zero-order valence-electron chi connectivity index (χ0n) is 17.7. The maximum Gasteiger partial charge on any atom is 0.290 e. The average molecular weight is 446 g/mol. The minimum atomic E-state index is -0.974. The molecule has 1 atom stereocenters. The monoisotopic (exact) mass is 446 g/mol. The molecular weight excluding hydrogens is 420 g/mol. The van der Waals surface area contributed by atoms with E-state index in [1.54, 1.807) is 25.2 Å². The Morgan fingerprint density at radius 2 is 1.91 bits per heavy atom. The van der Waals surface area contributed by atoms with Crippen LogP contribution in [-0.2, 0) is 19.2 Å². The standard InChI is InChI=1S/C20H24N4O5.CH2O2/c1-21-15(25)8-3-2-4-11-22-13-7-5-6-12-17(13)20(29)24(19(12)28)14-9-10-16(26)23-18(14)27;2-1-3/h5-7,14,22H,2-4,8-11H2,1H3,(H,21,25)(H,23,26,27);1H,(H,2,3). The van der Waals surface area contributed by atoms with Gasteiger partial charge in [-0.25, -0.2) is 0 Å². The molecule has 1 aromatic carbocycles. The SMILES string of the molecule is CNC(=O)CCCCCNc1cccc2c1C(=O)N(C1CCC(=O)NC1=O)C2=O.O=CO. The van der Waals surface area contributed by atoms with E-state index in [0.717, 1.165) is 24.2 Å². The number of piperidine rings is 1. The molecule has 0 spiro atoms. The Balaban J connectivity index is 0.00000114. The van der Waals surface area contributed by atoms with E-state index < -0.39 is 29.7 Å². The first-order valence-corrected chi connectivity index (χ1v) is 10.2. The van der Waals surface area contributed by atoms with Gasteiger partial charge in [-0.05, 0) is 31.4 Å². The third-order valence-corrected chi connectivity index (χ3v) is 5.14. The highest BCUT2D eigenvalue weighted by molar-refractivity contribution is 6.25. The van der Waals surface area contributed by atoms with Gasteiger partial charge in [0.2, 0.25) is 17.7 Å². The number of hydrogen-bond donors (Lipinski definition) is 4. The van der Waals surface area contributed by atoms with Crippen LogP contribution >= 0.6 is 0 Å². The first-order valence-electron chi connectivity index (χ1n) is 10.2. The van der Waals surface area contributed by atoms with Crippen LogP contribution in [0.3, 0.4) is 0 Å². The normalized spacial score (nSPS) is 17.2. The van der Waals surface area contributed by atoms with Crippen molar-refractivity contribution in [1.82, 2.24) is 15.5 Å². The molecule has 3 rings (SSSR count). The second-order valence-electron chi connectivity index (χ2n) is 7.19. The second kappa shape index (κ2) is 11.6. The first-order chi connectivity index (χ1) is 15.3. The van der Waals surface area contributed by atoms with Crippen molar-refractivity contribution in [2.75, 3.05) is 18.9 Å². The molecule has 4 N–H and O–H groups in total. The Labute approximate surface area is 184 Å². The van der Waals surface area contributed by atoms with Crippen molar-refractivity contribution in [2.24, 2.45) is 0 Å². The number of fused-ring (bicyclic) bond motifs is 1. The number of carboxylic acid groups (broad SMARTS) is 1. The minimum Gasteiger partial charge on any atom is -0.483 e. The molecule has 11 nitrogen and oxygen atoms in total. The van der Waals surface area contributed by atoms with Crippen molar-refractivity contribution >= 4 is 41.7 Å². The van der Waals surface area contributed by atoms with Gasteiger partial charge >= 0.3 is 0 Å². The first kappa shape index (κ1) is 24.5. The number of anilines is 1. The number of imide groups is 2. The van der Waals surface area contributed by atoms with Crippen LogP contribution in [0.1, 0.15) is 59.2 Å².